The molecule has 1 aromatic heterocycles. The Kier molecular flexibility index (Phi) is 5.21. The van der Waals surface area contributed by atoms with E-state index in [1.54, 1.807) is 4.90 Å². The van der Waals surface area contributed by atoms with Gasteiger partial charge in [-0.05, 0) is 26.9 Å². The third kappa shape index (κ3) is 3.61. The first-order valence-corrected chi connectivity index (χ1v) is 8.71. The Balaban J connectivity index is 1.57. The lowest BCUT2D eigenvalue weighted by Gasteiger charge is -2.56. The Morgan fingerprint density at radius 1 is 1.48 bits per heavy atom. The molecule has 2 atom stereocenters. The lowest BCUT2D eigenvalue weighted by atomic mass is 9.58. The van der Waals surface area contributed by atoms with Gasteiger partial charge in [0, 0.05) is 37.7 Å². The second-order valence-corrected chi connectivity index (χ2v) is 7.24. The van der Waals surface area contributed by atoms with Crippen LogP contribution in [0.2, 0.25) is 0 Å². The fourth-order valence-electron chi connectivity index (χ4n) is 3.74. The van der Waals surface area contributed by atoms with Gasteiger partial charge in [-0.2, -0.15) is 0 Å². The van der Waals surface area contributed by atoms with Gasteiger partial charge in [0.05, 0.1) is 25.0 Å². The molecule has 1 aromatic rings. The topological polar surface area (TPSA) is 98.8 Å². The first-order chi connectivity index (χ1) is 11.9. The molecule has 1 saturated carbocycles. The Hall–Kier alpha value is -1.77. The molecule has 8 heteroatoms. The minimum absolute atomic E-state index is 0.0610. The molecule has 0 unspecified atom stereocenters. The third-order valence-corrected chi connectivity index (χ3v) is 5.47. The van der Waals surface area contributed by atoms with Crippen molar-refractivity contribution in [3.8, 4) is 0 Å². The fraction of sp³-hybridized carbons (Fsp3) is 0.706. The second kappa shape index (κ2) is 7.23. The summed E-state index contributed by atoms with van der Waals surface area (Å²) in [6.07, 6.45) is 4.27. The summed E-state index contributed by atoms with van der Waals surface area (Å²) in [5.41, 5.74) is -0.324. The van der Waals surface area contributed by atoms with Crippen LogP contribution in [0, 0.1) is 5.41 Å². The average Bonchev–Trinajstić information content (AvgIpc) is 2.61. The predicted molar refractivity (Wildman–Crippen MR) is 91.3 cm³/mol. The maximum Gasteiger partial charge on any atom is 0.273 e. The zero-order chi connectivity index (χ0) is 18.0. The van der Waals surface area contributed by atoms with Crippen LogP contribution in [0.3, 0.4) is 0 Å². The molecule has 25 heavy (non-hydrogen) atoms. The zero-order valence-electron chi connectivity index (χ0n) is 14.8. The number of carbonyl (C=O) groups is 1. The highest BCUT2D eigenvalue weighted by Gasteiger charge is 2.56. The standard InChI is InChI=1S/C17H26N4O4/c1-20(2)7-8-25-14-9-13(22)17(14)3-5-21(6-4-17)16(24)12-10-19-15(23)11-18-12/h10-11,13-14,22H,3-9H2,1-2H3,(H,19,23)/t13-,14+/m1/s1. The summed E-state index contributed by atoms with van der Waals surface area (Å²) >= 11 is 0. The van der Waals surface area contributed by atoms with Gasteiger partial charge in [-0.25, -0.2) is 4.98 Å². The van der Waals surface area contributed by atoms with Crippen LogP contribution >= 0.6 is 0 Å². The monoisotopic (exact) mass is 350 g/mol. The number of aliphatic hydroxyl groups is 1. The summed E-state index contributed by atoms with van der Waals surface area (Å²) in [4.78, 5) is 33.7. The lowest BCUT2D eigenvalue weighted by Crippen LogP contribution is -2.63. The first kappa shape index (κ1) is 18.0. The summed E-state index contributed by atoms with van der Waals surface area (Å²) in [6.45, 7) is 2.62. The number of aromatic nitrogens is 2. The number of hydrogen-bond donors (Lipinski definition) is 2. The molecule has 2 N–H and O–H groups in total. The first-order valence-electron chi connectivity index (χ1n) is 8.71. The van der Waals surface area contributed by atoms with Crippen molar-refractivity contribution < 1.29 is 14.6 Å². The maximum absolute atomic E-state index is 12.5. The van der Waals surface area contributed by atoms with Crippen molar-refractivity contribution in [3.63, 3.8) is 0 Å². The van der Waals surface area contributed by atoms with E-state index in [0.29, 0.717) is 26.1 Å². The molecule has 1 aliphatic heterocycles. The van der Waals surface area contributed by atoms with E-state index in [2.05, 4.69) is 14.9 Å². The number of H-pyrrole nitrogens is 1. The Bertz CT molecular complexity index is 646. The number of amides is 1. The molecule has 2 aliphatic rings. The minimum atomic E-state index is -0.361. The van der Waals surface area contributed by atoms with E-state index < -0.39 is 0 Å². The van der Waals surface area contributed by atoms with E-state index in [9.17, 15) is 14.7 Å². The largest absolute Gasteiger partial charge is 0.392 e. The highest BCUT2D eigenvalue weighted by atomic mass is 16.5. The van der Waals surface area contributed by atoms with Crippen LogP contribution in [0.1, 0.15) is 29.8 Å². The molecular formula is C17H26N4O4. The molecule has 0 bridgehead atoms. The van der Waals surface area contributed by atoms with Crippen molar-refractivity contribution in [2.24, 2.45) is 5.41 Å². The van der Waals surface area contributed by atoms with Crippen molar-refractivity contribution in [2.75, 3.05) is 40.3 Å². The summed E-state index contributed by atoms with van der Waals surface area (Å²) in [7, 11) is 4.01. The van der Waals surface area contributed by atoms with Crippen LogP contribution in [-0.2, 0) is 4.74 Å². The maximum atomic E-state index is 12.5. The summed E-state index contributed by atoms with van der Waals surface area (Å²) in [5.74, 6) is -0.190. The van der Waals surface area contributed by atoms with Gasteiger partial charge in [-0.3, -0.25) is 9.59 Å². The van der Waals surface area contributed by atoms with Gasteiger partial charge >= 0.3 is 0 Å². The molecule has 138 valence electrons. The number of nitrogens with one attached hydrogen (secondary N) is 1. The van der Waals surface area contributed by atoms with E-state index in [-0.39, 0.29) is 34.8 Å². The number of carbonyl (C=O) groups excluding carboxylic acids is 1. The quantitative estimate of drug-likeness (QED) is 0.757. The number of aliphatic hydroxyl groups excluding tert-OH is 1. The van der Waals surface area contributed by atoms with E-state index in [4.69, 9.17) is 4.74 Å². The molecule has 2 fully saturated rings. The van der Waals surface area contributed by atoms with Crippen LogP contribution < -0.4 is 5.56 Å². The number of rotatable bonds is 5. The highest BCUT2D eigenvalue weighted by molar-refractivity contribution is 5.92. The van der Waals surface area contributed by atoms with Crippen molar-refractivity contribution in [1.82, 2.24) is 19.8 Å². The normalized spacial score (nSPS) is 25.2. The van der Waals surface area contributed by atoms with Crippen molar-refractivity contribution >= 4 is 5.91 Å². The SMILES string of the molecule is CN(C)CCO[C@H]1C[C@@H](O)C12CCN(C(=O)c1c[nH]c(=O)cn1)CC2. The smallest absolute Gasteiger partial charge is 0.273 e. The molecule has 1 spiro atoms. The molecular weight excluding hydrogens is 324 g/mol. The summed E-state index contributed by atoms with van der Waals surface area (Å²) in [5, 5.41) is 10.3. The van der Waals surface area contributed by atoms with Gasteiger partial charge in [0.2, 0.25) is 0 Å². The number of ether oxygens (including phenoxy) is 1. The number of piperidine rings is 1. The van der Waals surface area contributed by atoms with Crippen LogP contribution in [0.5, 0.6) is 0 Å². The molecule has 0 radical (unpaired) electrons. The van der Waals surface area contributed by atoms with Crippen LogP contribution in [-0.4, -0.2) is 83.3 Å². The molecule has 1 amide bonds. The molecule has 2 heterocycles. The number of likely N-dealkylation sites (N-methyl/N-ethyl adjacent to an activating group) is 1. The van der Waals surface area contributed by atoms with Gasteiger partial charge in [0.15, 0.2) is 0 Å². The van der Waals surface area contributed by atoms with E-state index in [1.165, 1.54) is 6.20 Å². The van der Waals surface area contributed by atoms with Crippen LogP contribution in [0.15, 0.2) is 17.2 Å². The summed E-state index contributed by atoms with van der Waals surface area (Å²) < 4.78 is 5.99. The van der Waals surface area contributed by atoms with E-state index in [0.717, 1.165) is 25.6 Å². The van der Waals surface area contributed by atoms with Gasteiger partial charge in [-0.15, -0.1) is 0 Å². The van der Waals surface area contributed by atoms with Crippen molar-refractivity contribution in [2.45, 2.75) is 31.5 Å². The molecule has 1 saturated heterocycles. The van der Waals surface area contributed by atoms with E-state index in [1.807, 2.05) is 14.1 Å². The third-order valence-electron chi connectivity index (χ3n) is 5.47. The second-order valence-electron chi connectivity index (χ2n) is 7.24. The number of likely N-dealkylation sites (tertiary alicyclic amines) is 1. The minimum Gasteiger partial charge on any atom is -0.392 e. The Labute approximate surface area is 146 Å². The lowest BCUT2D eigenvalue weighted by molar-refractivity contribution is -0.209. The molecule has 3 rings (SSSR count). The van der Waals surface area contributed by atoms with Gasteiger partial charge < -0.3 is 24.6 Å². The van der Waals surface area contributed by atoms with E-state index >= 15 is 0 Å². The molecule has 8 nitrogen and oxygen atoms in total. The number of aromatic amines is 1. The van der Waals surface area contributed by atoms with Crippen LogP contribution in [0.25, 0.3) is 0 Å². The van der Waals surface area contributed by atoms with Crippen LogP contribution in [0.4, 0.5) is 0 Å². The van der Waals surface area contributed by atoms with Crippen molar-refractivity contribution in [3.05, 3.63) is 28.4 Å². The fourth-order valence-corrected chi connectivity index (χ4v) is 3.74. The van der Waals surface area contributed by atoms with Gasteiger partial charge in [0.25, 0.3) is 11.5 Å². The highest BCUT2D eigenvalue weighted by Crippen LogP contribution is 2.51. The van der Waals surface area contributed by atoms with Gasteiger partial charge in [0.1, 0.15) is 5.69 Å². The Morgan fingerprint density at radius 3 is 2.76 bits per heavy atom. The van der Waals surface area contributed by atoms with Crippen molar-refractivity contribution in [1.29, 1.82) is 0 Å². The average molecular weight is 350 g/mol. The molecule has 0 aromatic carbocycles. The summed E-state index contributed by atoms with van der Waals surface area (Å²) in [6, 6.07) is 0. The number of hydrogen-bond acceptors (Lipinski definition) is 6. The van der Waals surface area contributed by atoms with Gasteiger partial charge in [-0.1, -0.05) is 0 Å². The predicted octanol–water partition coefficient (Wildman–Crippen LogP) is -0.296. The Morgan fingerprint density at radius 2 is 2.20 bits per heavy atom. The number of nitrogens with zero attached hydrogens (tertiary/aromatic N) is 3. The zero-order valence-corrected chi connectivity index (χ0v) is 14.8. The molecule has 1 aliphatic carbocycles.